The topological polar surface area (TPSA) is 91.3 Å². The van der Waals surface area contributed by atoms with Crippen LogP contribution < -0.4 is 4.74 Å². The van der Waals surface area contributed by atoms with Gasteiger partial charge in [-0.1, -0.05) is 0 Å². The van der Waals surface area contributed by atoms with Crippen molar-refractivity contribution >= 4 is 38.3 Å². The molecule has 3 aromatic heterocycles. The molecule has 0 aromatic carbocycles. The lowest BCUT2D eigenvalue weighted by Crippen LogP contribution is -2.02. The molecule has 0 bridgehead atoms. The summed E-state index contributed by atoms with van der Waals surface area (Å²) in [5.74, 6) is 0.0000123. The monoisotopic (exact) mass is 363 g/mol. The molecular weight excluding hydrogens is 350 g/mol. The average molecular weight is 363 g/mol. The summed E-state index contributed by atoms with van der Waals surface area (Å²) in [5.41, 5.74) is 1.46. The van der Waals surface area contributed by atoms with Gasteiger partial charge in [0.1, 0.15) is 16.3 Å². The third kappa shape index (κ3) is 2.76. The maximum atomic E-state index is 12.2. The summed E-state index contributed by atoms with van der Waals surface area (Å²) in [4.78, 5) is 25.3. The zero-order valence-electron chi connectivity index (χ0n) is 13.1. The molecule has 0 saturated heterocycles. The van der Waals surface area contributed by atoms with Crippen molar-refractivity contribution in [1.29, 1.82) is 0 Å². The quantitative estimate of drug-likeness (QED) is 0.519. The van der Waals surface area contributed by atoms with Crippen molar-refractivity contribution < 1.29 is 18.5 Å². The van der Waals surface area contributed by atoms with Gasteiger partial charge in [0.15, 0.2) is 0 Å². The Kier molecular flexibility index (Phi) is 4.54. The van der Waals surface area contributed by atoms with Crippen LogP contribution in [0, 0.1) is 0 Å². The number of hydrogen-bond donors (Lipinski definition) is 0. The van der Waals surface area contributed by atoms with Gasteiger partial charge < -0.3 is 9.47 Å². The maximum absolute atomic E-state index is 12.2. The van der Waals surface area contributed by atoms with E-state index >= 15 is 0 Å². The Labute approximate surface area is 144 Å². The van der Waals surface area contributed by atoms with Gasteiger partial charge in [-0.2, -0.15) is 0 Å². The molecule has 0 N–H and O–H groups in total. The summed E-state index contributed by atoms with van der Waals surface area (Å²) in [6, 6.07) is 3.48. The van der Waals surface area contributed by atoms with E-state index in [-0.39, 0.29) is 5.16 Å². The highest BCUT2D eigenvalue weighted by Gasteiger charge is 2.25. The first-order chi connectivity index (χ1) is 11.6. The summed E-state index contributed by atoms with van der Waals surface area (Å²) in [6.07, 6.45) is 4.65. The number of ether oxygens (including phenoxy) is 2. The van der Waals surface area contributed by atoms with E-state index in [1.165, 1.54) is 31.8 Å². The third-order valence-corrected chi connectivity index (χ3v) is 5.07. The highest BCUT2D eigenvalue weighted by Crippen LogP contribution is 2.40. The van der Waals surface area contributed by atoms with Crippen LogP contribution in [0.1, 0.15) is 9.67 Å². The van der Waals surface area contributed by atoms with Crippen LogP contribution in [-0.2, 0) is 15.5 Å². The highest BCUT2D eigenvalue weighted by atomic mass is 32.2. The van der Waals surface area contributed by atoms with Gasteiger partial charge in [-0.05, 0) is 12.1 Å². The zero-order valence-corrected chi connectivity index (χ0v) is 14.7. The molecule has 0 amide bonds. The molecule has 0 fully saturated rings. The van der Waals surface area contributed by atoms with Crippen LogP contribution in [0.25, 0.3) is 21.5 Å². The average Bonchev–Trinajstić information content (AvgIpc) is 2.99. The molecule has 3 aromatic rings. The second-order valence-corrected chi connectivity index (χ2v) is 7.00. The molecule has 7 nitrogen and oxygen atoms in total. The molecule has 0 saturated carbocycles. The van der Waals surface area contributed by atoms with Gasteiger partial charge in [-0.25, -0.2) is 14.8 Å². The predicted molar refractivity (Wildman–Crippen MR) is 90.9 cm³/mol. The first kappa shape index (κ1) is 16.5. The van der Waals surface area contributed by atoms with Crippen molar-refractivity contribution in [2.24, 2.45) is 0 Å². The number of methoxy groups -OCH3 is 2. The predicted octanol–water partition coefficient (Wildman–Crippen LogP) is 2.29. The normalized spacial score (nSPS) is 12.1. The molecular formula is C15H13N3O4S2. The highest BCUT2D eigenvalue weighted by molar-refractivity contribution is 7.84. The number of esters is 1. The minimum atomic E-state index is -1.35. The van der Waals surface area contributed by atoms with E-state index in [1.54, 1.807) is 24.5 Å². The van der Waals surface area contributed by atoms with Crippen LogP contribution in [0.5, 0.6) is 5.75 Å². The molecule has 3 heterocycles. The smallest absolute Gasteiger partial charge is 0.348 e. The van der Waals surface area contributed by atoms with Crippen molar-refractivity contribution in [2.45, 2.75) is 5.16 Å². The van der Waals surface area contributed by atoms with Gasteiger partial charge in [0.25, 0.3) is 0 Å². The fraction of sp³-hybridized carbons (Fsp3) is 0.200. The SMILES string of the molecule is COC(=O)c1sc2cnc([S@](C)=O)nc2c1-c1ncccc1OC. The maximum Gasteiger partial charge on any atom is 0.348 e. The first-order valence-electron chi connectivity index (χ1n) is 6.77. The number of nitrogens with zero attached hydrogens (tertiary/aromatic N) is 3. The minimum absolute atomic E-state index is 0.188. The number of carbonyl (C=O) groups excluding carboxylic acids is 1. The Bertz CT molecular complexity index is 955. The number of hydrogen-bond acceptors (Lipinski definition) is 8. The Morgan fingerprint density at radius 2 is 2.08 bits per heavy atom. The third-order valence-electron chi connectivity index (χ3n) is 3.26. The van der Waals surface area contributed by atoms with Crippen LogP contribution >= 0.6 is 11.3 Å². The van der Waals surface area contributed by atoms with E-state index < -0.39 is 16.8 Å². The van der Waals surface area contributed by atoms with Gasteiger partial charge in [0.2, 0.25) is 5.16 Å². The van der Waals surface area contributed by atoms with Crippen LogP contribution in [0.3, 0.4) is 0 Å². The largest absolute Gasteiger partial charge is 0.494 e. The summed E-state index contributed by atoms with van der Waals surface area (Å²) >= 11 is 1.20. The Balaban J connectivity index is 2.39. The van der Waals surface area contributed by atoms with Crippen molar-refractivity contribution in [3.63, 3.8) is 0 Å². The van der Waals surface area contributed by atoms with Crippen molar-refractivity contribution in [3.05, 3.63) is 29.4 Å². The number of pyridine rings is 1. The van der Waals surface area contributed by atoms with Gasteiger partial charge in [-0.15, -0.1) is 11.3 Å². The zero-order chi connectivity index (χ0) is 17.3. The summed E-state index contributed by atoms with van der Waals surface area (Å²) in [5, 5.41) is 0.188. The molecule has 124 valence electrons. The van der Waals surface area contributed by atoms with Crippen molar-refractivity contribution in [1.82, 2.24) is 15.0 Å². The van der Waals surface area contributed by atoms with Crippen LogP contribution in [-0.4, -0.2) is 45.6 Å². The minimum Gasteiger partial charge on any atom is -0.494 e. The second-order valence-electron chi connectivity index (χ2n) is 4.67. The summed E-state index contributed by atoms with van der Waals surface area (Å²) < 4.78 is 22.6. The number of carbonyl (C=O) groups is 1. The Morgan fingerprint density at radius 3 is 2.75 bits per heavy atom. The molecule has 0 aliphatic rings. The standard InChI is InChI=1S/C15H13N3O4S2/c1-21-8-5-4-6-16-11(8)10-12-9(23-13(10)14(19)22-2)7-17-15(18-12)24(3)20/h4-7H,1-3H3/t24-/m0/s1. The molecule has 0 radical (unpaired) electrons. The molecule has 3 rings (SSSR count). The molecule has 24 heavy (non-hydrogen) atoms. The van der Waals surface area contributed by atoms with Crippen molar-refractivity contribution in [3.8, 4) is 17.0 Å². The van der Waals surface area contributed by atoms with E-state index in [4.69, 9.17) is 9.47 Å². The lowest BCUT2D eigenvalue weighted by atomic mass is 10.1. The van der Waals surface area contributed by atoms with E-state index in [2.05, 4.69) is 15.0 Å². The molecule has 0 aliphatic heterocycles. The fourth-order valence-corrected chi connectivity index (χ4v) is 3.67. The van der Waals surface area contributed by atoms with Gasteiger partial charge in [-0.3, -0.25) is 9.19 Å². The lowest BCUT2D eigenvalue weighted by molar-refractivity contribution is 0.0607. The number of thiophene rings is 1. The van der Waals surface area contributed by atoms with E-state index in [0.717, 1.165) is 0 Å². The number of fused-ring (bicyclic) bond motifs is 1. The van der Waals surface area contributed by atoms with Gasteiger partial charge in [0.05, 0.1) is 40.8 Å². The fourth-order valence-electron chi connectivity index (χ4n) is 2.21. The second kappa shape index (κ2) is 6.62. The Morgan fingerprint density at radius 1 is 1.29 bits per heavy atom. The molecule has 9 heteroatoms. The lowest BCUT2D eigenvalue weighted by Gasteiger charge is -2.08. The van der Waals surface area contributed by atoms with Crippen LogP contribution in [0.15, 0.2) is 29.7 Å². The first-order valence-corrected chi connectivity index (χ1v) is 9.15. The molecule has 1 atom stereocenters. The van der Waals surface area contributed by atoms with Gasteiger partial charge >= 0.3 is 5.97 Å². The van der Waals surface area contributed by atoms with Crippen molar-refractivity contribution in [2.75, 3.05) is 20.5 Å². The van der Waals surface area contributed by atoms with Crippen LogP contribution in [0.4, 0.5) is 0 Å². The van der Waals surface area contributed by atoms with Gasteiger partial charge in [0, 0.05) is 18.6 Å². The molecule has 0 unspecified atom stereocenters. The Hall–Kier alpha value is -2.39. The van der Waals surface area contributed by atoms with E-state index in [9.17, 15) is 9.00 Å². The van der Waals surface area contributed by atoms with E-state index in [0.29, 0.717) is 32.1 Å². The molecule has 0 aliphatic carbocycles. The summed E-state index contributed by atoms with van der Waals surface area (Å²) in [7, 11) is 1.49. The van der Waals surface area contributed by atoms with Crippen LogP contribution in [0.2, 0.25) is 0 Å². The number of rotatable bonds is 4. The van der Waals surface area contributed by atoms with E-state index in [1.807, 2.05) is 0 Å². The summed E-state index contributed by atoms with van der Waals surface area (Å²) in [6.45, 7) is 0. The molecule has 0 spiro atoms. The number of aromatic nitrogens is 3.